The summed E-state index contributed by atoms with van der Waals surface area (Å²) in [6, 6.07) is 14.7. The minimum Gasteiger partial charge on any atom is -0.456 e. The van der Waals surface area contributed by atoms with Crippen molar-refractivity contribution in [3.8, 4) is 5.75 Å². The number of amides is 6. The summed E-state index contributed by atoms with van der Waals surface area (Å²) in [5, 5.41) is 0.463. The molecule has 3 heterocycles. The maximum absolute atomic E-state index is 13.8. The molecular weight excluding hydrogens is 733 g/mol. The normalized spacial score (nSPS) is 17.7. The van der Waals surface area contributed by atoms with E-state index in [9.17, 15) is 41.7 Å². The minimum absolute atomic E-state index is 0.0311. The molecule has 0 radical (unpaired) electrons. The van der Waals surface area contributed by atoms with Gasteiger partial charge in [0.15, 0.2) is 0 Å². The van der Waals surface area contributed by atoms with E-state index < -0.39 is 51.5 Å². The van der Waals surface area contributed by atoms with Crippen LogP contribution in [0.3, 0.4) is 0 Å². The number of imide groups is 3. The van der Waals surface area contributed by atoms with E-state index in [1.807, 2.05) is 55.5 Å². The first-order valence-electron chi connectivity index (χ1n) is 18.2. The Kier molecular flexibility index (Phi) is 13.0. The molecule has 0 bridgehead atoms. The Morgan fingerprint density at radius 1 is 0.873 bits per heavy atom. The molecule has 2 fully saturated rings. The summed E-state index contributed by atoms with van der Waals surface area (Å²) >= 11 is 0. The highest BCUT2D eigenvalue weighted by molar-refractivity contribution is 7.85. The minimum atomic E-state index is -4.39. The predicted molar refractivity (Wildman–Crippen MR) is 200 cm³/mol. The van der Waals surface area contributed by atoms with E-state index in [4.69, 9.17) is 9.57 Å². The van der Waals surface area contributed by atoms with Gasteiger partial charge in [0.2, 0.25) is 0 Å². The SMILES string of the molecule is CCN(CC)c1ccc2c(c1)O/C(=C\C=C1/C(=O)N(CCCCCC(=O)ON3C(=O)CCC3=O)C(=O)N(CCCS(=O)(=O)O)C1=O)C(C)=C2c1ccccc1. The molecule has 0 unspecified atom stereocenters. The van der Waals surface area contributed by atoms with Crippen LogP contribution >= 0.6 is 0 Å². The fourth-order valence-electron chi connectivity index (χ4n) is 6.57. The van der Waals surface area contributed by atoms with Gasteiger partial charge in [0.25, 0.3) is 33.7 Å². The topological polar surface area (TPSA) is 188 Å². The number of carbonyl (C=O) groups excluding carboxylic acids is 6. The fourth-order valence-corrected chi connectivity index (χ4v) is 7.06. The zero-order chi connectivity index (χ0) is 39.9. The van der Waals surface area contributed by atoms with E-state index in [1.54, 1.807) is 0 Å². The highest BCUT2D eigenvalue weighted by Crippen LogP contribution is 2.43. The number of allylic oxidation sites excluding steroid dienone is 3. The van der Waals surface area contributed by atoms with Crippen LogP contribution in [0.4, 0.5) is 10.5 Å². The van der Waals surface area contributed by atoms with Gasteiger partial charge in [0.05, 0.1) is 5.75 Å². The molecule has 0 aliphatic carbocycles. The van der Waals surface area contributed by atoms with E-state index in [-0.39, 0.29) is 57.2 Å². The number of hydroxylamine groups is 2. The number of rotatable bonds is 16. The van der Waals surface area contributed by atoms with Gasteiger partial charge in [-0.25, -0.2) is 9.59 Å². The van der Waals surface area contributed by atoms with Gasteiger partial charge in [-0.2, -0.15) is 8.42 Å². The highest BCUT2D eigenvalue weighted by Gasteiger charge is 2.41. The van der Waals surface area contributed by atoms with Crippen LogP contribution in [0.15, 0.2) is 77.6 Å². The van der Waals surface area contributed by atoms with Gasteiger partial charge in [-0.05, 0) is 75.5 Å². The van der Waals surface area contributed by atoms with Crippen molar-refractivity contribution in [2.75, 3.05) is 36.8 Å². The predicted octanol–water partition coefficient (Wildman–Crippen LogP) is 4.79. The van der Waals surface area contributed by atoms with E-state index >= 15 is 0 Å². The Morgan fingerprint density at radius 3 is 2.13 bits per heavy atom. The summed E-state index contributed by atoms with van der Waals surface area (Å²) in [6.45, 7) is 7.01. The lowest BCUT2D eigenvalue weighted by molar-refractivity contribution is -0.197. The number of urea groups is 1. The monoisotopic (exact) mass is 776 g/mol. The Hall–Kier alpha value is -5.61. The quantitative estimate of drug-likeness (QED) is 0.0808. The second-order valence-corrected chi connectivity index (χ2v) is 14.7. The summed E-state index contributed by atoms with van der Waals surface area (Å²) in [6.07, 6.45) is 3.14. The Balaban J connectivity index is 1.40. The third-order valence-electron chi connectivity index (χ3n) is 9.45. The lowest BCUT2D eigenvalue weighted by Crippen LogP contribution is -2.56. The molecular formula is C39H44N4O11S. The third kappa shape index (κ3) is 9.56. The Bertz CT molecular complexity index is 2050. The standard InChI is InChI=1S/C39H44N4O11S/c1-4-40(5-2)28-16-17-29-32(25-28)53-31(26(3)36(29)27-13-8-6-9-14-27)19-18-30-37(47)41(39(49)42(38(30)48)23-12-24-55(50,51)52)22-11-7-10-15-35(46)54-43-33(44)20-21-34(43)45/h6,8-9,13-14,16-19,25H,4-5,7,10-12,15,20-24H2,1-3H3,(H,50,51,52)/b30-18+,31-19-. The van der Waals surface area contributed by atoms with Crippen LogP contribution in [0.5, 0.6) is 5.75 Å². The van der Waals surface area contributed by atoms with Gasteiger partial charge < -0.3 is 14.5 Å². The average molecular weight is 777 g/mol. The van der Waals surface area contributed by atoms with E-state index in [0.29, 0.717) is 23.0 Å². The number of anilines is 1. The number of barbiturate groups is 1. The molecule has 16 heteroatoms. The molecule has 5 rings (SSSR count). The van der Waals surface area contributed by atoms with Crippen LogP contribution in [-0.4, -0.2) is 95.4 Å². The molecule has 292 valence electrons. The third-order valence-corrected chi connectivity index (χ3v) is 10.3. The van der Waals surface area contributed by atoms with E-state index in [1.165, 1.54) is 12.2 Å². The number of fused-ring (bicyclic) bond motifs is 1. The summed E-state index contributed by atoms with van der Waals surface area (Å²) in [5.74, 6) is -3.54. The van der Waals surface area contributed by atoms with Gasteiger partial charge in [-0.1, -0.05) is 36.8 Å². The molecule has 6 amide bonds. The average Bonchev–Trinajstić information content (AvgIpc) is 3.46. The van der Waals surface area contributed by atoms with Crippen molar-refractivity contribution in [2.24, 2.45) is 0 Å². The van der Waals surface area contributed by atoms with Crippen LogP contribution in [0.2, 0.25) is 0 Å². The zero-order valence-electron chi connectivity index (χ0n) is 31.0. The maximum atomic E-state index is 13.8. The van der Waals surface area contributed by atoms with Gasteiger partial charge >= 0.3 is 12.0 Å². The van der Waals surface area contributed by atoms with Crippen LogP contribution in [-0.2, 0) is 38.9 Å². The summed E-state index contributed by atoms with van der Waals surface area (Å²) < 4.78 is 38.5. The number of unbranched alkanes of at least 4 members (excludes halogenated alkanes) is 2. The fraction of sp³-hybridized carbons (Fsp3) is 0.385. The number of ether oxygens (including phenoxy) is 1. The molecule has 15 nitrogen and oxygen atoms in total. The van der Waals surface area contributed by atoms with E-state index in [0.717, 1.165) is 50.8 Å². The van der Waals surface area contributed by atoms with Gasteiger partial charge in [0, 0.05) is 68.3 Å². The number of carbonyl (C=O) groups is 6. The van der Waals surface area contributed by atoms with Crippen molar-refractivity contribution < 1.29 is 51.3 Å². The Morgan fingerprint density at radius 2 is 1.51 bits per heavy atom. The molecule has 0 atom stereocenters. The van der Waals surface area contributed by atoms with Crippen molar-refractivity contribution in [1.29, 1.82) is 0 Å². The lowest BCUT2D eigenvalue weighted by atomic mass is 9.90. The first kappa shape index (κ1) is 40.6. The summed E-state index contributed by atoms with van der Waals surface area (Å²) in [7, 11) is -4.39. The van der Waals surface area contributed by atoms with E-state index in [2.05, 4.69) is 18.7 Å². The van der Waals surface area contributed by atoms with Crippen LogP contribution in [0.1, 0.15) is 76.8 Å². The second-order valence-electron chi connectivity index (χ2n) is 13.1. The molecule has 3 aliphatic heterocycles. The molecule has 1 N–H and O–H groups in total. The van der Waals surface area contributed by atoms with Crippen molar-refractivity contribution in [3.63, 3.8) is 0 Å². The Labute approximate surface area is 319 Å². The van der Waals surface area contributed by atoms with Crippen molar-refractivity contribution >= 4 is 57.0 Å². The first-order valence-corrected chi connectivity index (χ1v) is 19.8. The molecule has 0 aromatic heterocycles. The molecule has 3 aliphatic rings. The largest absolute Gasteiger partial charge is 0.456 e. The number of hydrogen-bond donors (Lipinski definition) is 1. The maximum Gasteiger partial charge on any atom is 0.333 e. The highest BCUT2D eigenvalue weighted by atomic mass is 32.2. The second kappa shape index (κ2) is 17.7. The van der Waals surface area contributed by atoms with Crippen LogP contribution < -0.4 is 9.64 Å². The molecule has 2 aromatic rings. The molecule has 55 heavy (non-hydrogen) atoms. The first-order chi connectivity index (χ1) is 26.2. The van der Waals surface area contributed by atoms with Gasteiger partial charge in [-0.15, -0.1) is 5.06 Å². The number of hydrogen-bond acceptors (Lipinski definition) is 11. The molecule has 2 aromatic carbocycles. The summed E-state index contributed by atoms with van der Waals surface area (Å²) in [4.78, 5) is 85.3. The summed E-state index contributed by atoms with van der Waals surface area (Å²) in [5.41, 5.74) is 4.01. The van der Waals surface area contributed by atoms with Crippen LogP contribution in [0.25, 0.3) is 5.57 Å². The van der Waals surface area contributed by atoms with Crippen molar-refractivity contribution in [1.82, 2.24) is 14.9 Å². The lowest BCUT2D eigenvalue weighted by Gasteiger charge is -2.34. The van der Waals surface area contributed by atoms with Gasteiger partial charge in [-0.3, -0.25) is 33.5 Å². The van der Waals surface area contributed by atoms with Gasteiger partial charge in [0.1, 0.15) is 17.1 Å². The molecule has 0 saturated carbocycles. The number of nitrogens with zero attached hydrogens (tertiary/aromatic N) is 4. The molecule has 2 saturated heterocycles. The van der Waals surface area contributed by atoms with Crippen molar-refractivity contribution in [2.45, 2.75) is 65.7 Å². The zero-order valence-corrected chi connectivity index (χ0v) is 31.8. The molecule has 0 spiro atoms. The van der Waals surface area contributed by atoms with Crippen molar-refractivity contribution in [3.05, 3.63) is 88.7 Å². The van der Waals surface area contributed by atoms with Crippen LogP contribution in [0, 0.1) is 0 Å². The smallest absolute Gasteiger partial charge is 0.333 e. The number of benzene rings is 2.